The van der Waals surface area contributed by atoms with E-state index in [-0.39, 0.29) is 6.42 Å². The molecular weight excluding hydrogens is 182 g/mol. The number of halogens is 2. The summed E-state index contributed by atoms with van der Waals surface area (Å²) in [5.74, 6) is -1.22. The molecule has 0 rings (SSSR count). The third-order valence-corrected chi connectivity index (χ3v) is 1.71. The molecule has 4 nitrogen and oxygen atoms in total. The fraction of sp³-hybridized carbons (Fsp3) is 0.857. The molecule has 0 aliphatic heterocycles. The minimum atomic E-state index is -1.22. The van der Waals surface area contributed by atoms with Crippen LogP contribution in [0, 0.1) is 0 Å². The molecule has 0 amide bonds. The number of hydrogen-bond acceptors (Lipinski definition) is 3. The normalized spacial score (nSPS) is 13.2. The van der Waals surface area contributed by atoms with Gasteiger partial charge in [-0.1, -0.05) is 0 Å². The first-order valence-corrected chi connectivity index (χ1v) is 3.96. The molecule has 3 N–H and O–H groups in total. The van der Waals surface area contributed by atoms with Gasteiger partial charge in [-0.3, -0.25) is 4.79 Å². The van der Waals surface area contributed by atoms with Crippen molar-refractivity contribution in [3.63, 3.8) is 0 Å². The molecule has 0 aromatic heterocycles. The van der Waals surface area contributed by atoms with Crippen molar-refractivity contribution in [2.45, 2.75) is 18.9 Å². The van der Waals surface area contributed by atoms with Crippen molar-refractivity contribution in [1.29, 1.82) is 0 Å². The van der Waals surface area contributed by atoms with Crippen LogP contribution >= 0.6 is 0 Å². The predicted molar refractivity (Wildman–Crippen MR) is 43.5 cm³/mol. The molecule has 0 aliphatic carbocycles. The average molecular weight is 196 g/mol. The maximum absolute atomic E-state index is 12.1. The van der Waals surface area contributed by atoms with Crippen LogP contribution in [0.5, 0.6) is 0 Å². The van der Waals surface area contributed by atoms with Gasteiger partial charge in [0.25, 0.3) is 0 Å². The zero-order chi connectivity index (χ0) is 10.3. The van der Waals surface area contributed by atoms with E-state index >= 15 is 0 Å². The second kappa shape index (κ2) is 6.73. The van der Waals surface area contributed by atoms with Crippen molar-refractivity contribution in [2.24, 2.45) is 5.73 Å². The van der Waals surface area contributed by atoms with Gasteiger partial charge in [-0.15, -0.1) is 0 Å². The molecule has 1 atom stereocenters. The monoisotopic (exact) mass is 196 g/mol. The predicted octanol–water partition coefficient (Wildman–Crippen LogP) is 0.334. The Labute approximate surface area is 75.3 Å². The van der Waals surface area contributed by atoms with Gasteiger partial charge in [-0.25, -0.2) is 13.7 Å². The highest BCUT2D eigenvalue weighted by Crippen LogP contribution is 2.07. The Morgan fingerprint density at radius 3 is 2.31 bits per heavy atom. The Hall–Kier alpha value is -0.750. The van der Waals surface area contributed by atoms with Crippen LogP contribution in [0.3, 0.4) is 0 Å². The molecule has 0 aliphatic rings. The van der Waals surface area contributed by atoms with Crippen LogP contribution < -0.4 is 5.73 Å². The quantitative estimate of drug-likeness (QED) is 0.576. The van der Waals surface area contributed by atoms with Crippen molar-refractivity contribution in [2.75, 3.05) is 20.1 Å². The number of carboxylic acids is 1. The molecular formula is C7H14F2N2O2. The lowest BCUT2D eigenvalue weighted by Crippen LogP contribution is -2.40. The number of nitrogens with zero attached hydrogens (tertiary/aromatic N) is 1. The molecule has 0 heterocycles. The molecule has 0 radical (unpaired) electrons. The van der Waals surface area contributed by atoms with Gasteiger partial charge in [0.15, 0.2) is 0 Å². The lowest BCUT2D eigenvalue weighted by molar-refractivity contribution is -0.145. The van der Waals surface area contributed by atoms with Crippen molar-refractivity contribution in [3.05, 3.63) is 0 Å². The number of alkyl halides is 2. The summed E-state index contributed by atoms with van der Waals surface area (Å²) in [6.07, 6.45) is 0.604. The summed E-state index contributed by atoms with van der Waals surface area (Å²) in [5, 5.41) is 8.62. The van der Waals surface area contributed by atoms with Crippen molar-refractivity contribution < 1.29 is 18.7 Å². The SMILES string of the molecule is NCCC[C@@H](C(=O)O)N(CF)CF. The highest BCUT2D eigenvalue weighted by atomic mass is 19.1. The summed E-state index contributed by atoms with van der Waals surface area (Å²) in [6, 6.07) is -1.11. The third-order valence-electron chi connectivity index (χ3n) is 1.71. The maximum Gasteiger partial charge on any atom is 0.321 e. The molecule has 0 fully saturated rings. The Morgan fingerprint density at radius 1 is 1.46 bits per heavy atom. The first-order chi connectivity index (χ1) is 6.17. The van der Waals surface area contributed by atoms with Crippen LogP contribution in [-0.4, -0.2) is 42.2 Å². The van der Waals surface area contributed by atoms with Crippen LogP contribution in [0.4, 0.5) is 8.78 Å². The molecule has 6 heteroatoms. The van der Waals surface area contributed by atoms with Crippen LogP contribution in [0.25, 0.3) is 0 Å². The molecule has 13 heavy (non-hydrogen) atoms. The van der Waals surface area contributed by atoms with Crippen LogP contribution in [0.15, 0.2) is 0 Å². The van der Waals surface area contributed by atoms with Gasteiger partial charge >= 0.3 is 5.97 Å². The Balaban J connectivity index is 4.12. The van der Waals surface area contributed by atoms with Crippen molar-refractivity contribution >= 4 is 5.97 Å². The minimum Gasteiger partial charge on any atom is -0.480 e. The summed E-state index contributed by atoms with van der Waals surface area (Å²) in [7, 11) is 0. The number of carboxylic acid groups (broad SMARTS) is 1. The summed E-state index contributed by atoms with van der Waals surface area (Å²) in [5.41, 5.74) is 5.16. The largest absolute Gasteiger partial charge is 0.480 e. The summed E-state index contributed by atoms with van der Waals surface area (Å²) < 4.78 is 24.2. The smallest absolute Gasteiger partial charge is 0.321 e. The summed E-state index contributed by atoms with van der Waals surface area (Å²) in [4.78, 5) is 11.2. The molecule has 0 aromatic rings. The maximum atomic E-state index is 12.1. The van der Waals surface area contributed by atoms with Crippen molar-refractivity contribution in [3.8, 4) is 0 Å². The second-order valence-electron chi connectivity index (χ2n) is 2.61. The highest BCUT2D eigenvalue weighted by molar-refractivity contribution is 5.73. The van der Waals surface area contributed by atoms with E-state index in [0.717, 1.165) is 0 Å². The van der Waals surface area contributed by atoms with Crippen LogP contribution in [0.1, 0.15) is 12.8 Å². The molecule has 0 saturated carbocycles. The van der Waals surface area contributed by atoms with E-state index in [1.54, 1.807) is 0 Å². The third kappa shape index (κ3) is 4.14. The fourth-order valence-electron chi connectivity index (χ4n) is 0.972. The Kier molecular flexibility index (Phi) is 6.34. The second-order valence-corrected chi connectivity index (χ2v) is 2.61. The first kappa shape index (κ1) is 12.2. The topological polar surface area (TPSA) is 66.6 Å². The van der Waals surface area contributed by atoms with E-state index in [1.807, 2.05) is 0 Å². The molecule has 0 bridgehead atoms. The number of hydrogen-bond donors (Lipinski definition) is 2. The van der Waals surface area contributed by atoms with Crippen molar-refractivity contribution in [1.82, 2.24) is 4.90 Å². The average Bonchev–Trinajstić information content (AvgIpc) is 2.11. The van der Waals surface area contributed by atoms with Gasteiger partial charge in [0, 0.05) is 0 Å². The minimum absolute atomic E-state index is 0.166. The van der Waals surface area contributed by atoms with Crippen LogP contribution in [0.2, 0.25) is 0 Å². The molecule has 0 spiro atoms. The first-order valence-electron chi connectivity index (χ1n) is 3.96. The molecule has 0 aromatic carbocycles. The van der Waals surface area contributed by atoms with Gasteiger partial charge in [0.1, 0.15) is 19.6 Å². The van der Waals surface area contributed by atoms with Gasteiger partial charge in [0.2, 0.25) is 0 Å². The number of rotatable bonds is 7. The fourth-order valence-corrected chi connectivity index (χ4v) is 0.972. The lowest BCUT2D eigenvalue weighted by atomic mass is 10.1. The summed E-state index contributed by atoms with van der Waals surface area (Å²) in [6.45, 7) is -1.88. The van der Waals surface area contributed by atoms with E-state index in [4.69, 9.17) is 10.8 Å². The van der Waals surface area contributed by atoms with E-state index in [1.165, 1.54) is 0 Å². The molecule has 78 valence electrons. The van der Waals surface area contributed by atoms with Gasteiger partial charge < -0.3 is 10.8 Å². The number of carbonyl (C=O) groups is 1. The zero-order valence-corrected chi connectivity index (χ0v) is 7.25. The van der Waals surface area contributed by atoms with E-state index in [2.05, 4.69) is 0 Å². The Bertz CT molecular complexity index is 153. The van der Waals surface area contributed by atoms with E-state index < -0.39 is 25.6 Å². The standard InChI is InChI=1S/C7H14F2N2O2/c8-4-11(5-9)6(7(12)13)2-1-3-10/h6H,1-5,10H2,(H,12,13)/t6-/m0/s1. The Morgan fingerprint density at radius 2 is 2.00 bits per heavy atom. The van der Waals surface area contributed by atoms with Gasteiger partial charge in [-0.2, -0.15) is 0 Å². The lowest BCUT2D eigenvalue weighted by Gasteiger charge is -2.22. The van der Waals surface area contributed by atoms with Gasteiger partial charge in [-0.05, 0) is 19.4 Å². The highest BCUT2D eigenvalue weighted by Gasteiger charge is 2.24. The number of nitrogens with two attached hydrogens (primary N) is 1. The van der Waals surface area contributed by atoms with Crippen LogP contribution in [-0.2, 0) is 4.79 Å². The summed E-state index contributed by atoms with van der Waals surface area (Å²) >= 11 is 0. The number of aliphatic carboxylic acids is 1. The van der Waals surface area contributed by atoms with E-state index in [9.17, 15) is 13.6 Å². The zero-order valence-electron chi connectivity index (χ0n) is 7.25. The van der Waals surface area contributed by atoms with E-state index in [0.29, 0.717) is 17.9 Å². The molecule has 0 unspecified atom stereocenters. The molecule has 0 saturated heterocycles. The van der Waals surface area contributed by atoms with Gasteiger partial charge in [0.05, 0.1) is 0 Å².